The van der Waals surface area contributed by atoms with Crippen molar-refractivity contribution in [2.45, 2.75) is 0 Å². The van der Waals surface area contributed by atoms with Gasteiger partial charge in [-0.15, -0.1) is 0 Å². The minimum atomic E-state index is -0.354. The highest BCUT2D eigenvalue weighted by Crippen LogP contribution is 2.12. The van der Waals surface area contributed by atoms with E-state index in [0.29, 0.717) is 16.8 Å². The van der Waals surface area contributed by atoms with Crippen LogP contribution in [0.15, 0.2) is 90.0 Å². The lowest BCUT2D eigenvalue weighted by molar-refractivity contribution is 0.0953. The molecule has 0 unspecified atom stereocenters. The van der Waals surface area contributed by atoms with Crippen molar-refractivity contribution in [2.24, 2.45) is 5.10 Å². The van der Waals surface area contributed by atoms with Gasteiger partial charge < -0.3 is 5.32 Å². The molecule has 2 N–H and O–H groups in total. The fraction of sp³-hybridized carbons (Fsp3) is 0. The predicted molar refractivity (Wildman–Crippen MR) is 102 cm³/mol. The molecule has 0 saturated heterocycles. The van der Waals surface area contributed by atoms with Gasteiger partial charge in [0.05, 0.1) is 6.21 Å². The van der Waals surface area contributed by atoms with Crippen LogP contribution in [0, 0.1) is 0 Å². The van der Waals surface area contributed by atoms with Gasteiger partial charge in [-0.2, -0.15) is 5.10 Å². The summed E-state index contributed by atoms with van der Waals surface area (Å²) in [6, 6.07) is 25.0. The Bertz CT molecular complexity index is 922. The van der Waals surface area contributed by atoms with E-state index in [-0.39, 0.29) is 11.8 Å². The Morgan fingerprint density at radius 3 is 2.12 bits per heavy atom. The molecule has 0 bridgehead atoms. The summed E-state index contributed by atoms with van der Waals surface area (Å²) in [7, 11) is 0. The average Bonchev–Trinajstić information content (AvgIpc) is 2.69. The van der Waals surface area contributed by atoms with Crippen LogP contribution >= 0.6 is 0 Å². The molecule has 0 radical (unpaired) electrons. The Morgan fingerprint density at radius 1 is 0.731 bits per heavy atom. The highest BCUT2D eigenvalue weighted by molar-refractivity contribution is 6.05. The molecule has 0 saturated carbocycles. The number of rotatable bonds is 5. The van der Waals surface area contributed by atoms with Gasteiger partial charge in [-0.05, 0) is 35.9 Å². The highest BCUT2D eigenvalue weighted by Gasteiger charge is 2.08. The molecule has 0 aliphatic rings. The number of hydrogen-bond donors (Lipinski definition) is 2. The Balaban J connectivity index is 1.64. The van der Waals surface area contributed by atoms with Crippen molar-refractivity contribution < 1.29 is 9.59 Å². The van der Waals surface area contributed by atoms with Crippen molar-refractivity contribution in [3.63, 3.8) is 0 Å². The lowest BCUT2D eigenvalue weighted by Gasteiger charge is -2.07. The topological polar surface area (TPSA) is 70.6 Å². The fourth-order valence-electron chi connectivity index (χ4n) is 2.30. The van der Waals surface area contributed by atoms with E-state index >= 15 is 0 Å². The second-order valence-corrected chi connectivity index (χ2v) is 5.51. The summed E-state index contributed by atoms with van der Waals surface area (Å²) < 4.78 is 0. The predicted octanol–water partition coefficient (Wildman–Crippen LogP) is 3.70. The second-order valence-electron chi connectivity index (χ2n) is 5.51. The summed E-state index contributed by atoms with van der Waals surface area (Å²) in [5.41, 5.74) is 4.86. The lowest BCUT2D eigenvalue weighted by atomic mass is 10.1. The average molecular weight is 343 g/mol. The van der Waals surface area contributed by atoms with Crippen molar-refractivity contribution >= 4 is 23.7 Å². The van der Waals surface area contributed by atoms with E-state index in [0.717, 1.165) is 5.56 Å². The normalized spacial score (nSPS) is 10.5. The molecule has 0 spiro atoms. The molecular formula is C21H17N3O2. The Kier molecular flexibility index (Phi) is 5.52. The molecular weight excluding hydrogens is 326 g/mol. The van der Waals surface area contributed by atoms with Crippen LogP contribution in [0.1, 0.15) is 26.3 Å². The van der Waals surface area contributed by atoms with Gasteiger partial charge in [-0.1, -0.05) is 54.6 Å². The van der Waals surface area contributed by atoms with Crippen LogP contribution in [0.2, 0.25) is 0 Å². The van der Waals surface area contributed by atoms with Crippen molar-refractivity contribution in [1.82, 2.24) is 5.43 Å². The first-order chi connectivity index (χ1) is 12.7. The van der Waals surface area contributed by atoms with E-state index < -0.39 is 0 Å². The summed E-state index contributed by atoms with van der Waals surface area (Å²) in [6.45, 7) is 0. The molecule has 5 heteroatoms. The van der Waals surface area contributed by atoms with Gasteiger partial charge in [-0.25, -0.2) is 5.43 Å². The van der Waals surface area contributed by atoms with Gasteiger partial charge in [-0.3, -0.25) is 9.59 Å². The van der Waals surface area contributed by atoms with Gasteiger partial charge in [0.1, 0.15) is 0 Å². The van der Waals surface area contributed by atoms with Crippen LogP contribution in [0.25, 0.3) is 0 Å². The van der Waals surface area contributed by atoms with Crippen LogP contribution in [0.3, 0.4) is 0 Å². The molecule has 3 rings (SSSR count). The number of carbonyl (C=O) groups is 2. The van der Waals surface area contributed by atoms with E-state index in [2.05, 4.69) is 15.8 Å². The van der Waals surface area contributed by atoms with Crippen LogP contribution in [-0.4, -0.2) is 18.0 Å². The molecule has 3 aromatic rings. The first-order valence-corrected chi connectivity index (χ1v) is 8.07. The van der Waals surface area contributed by atoms with Crippen LogP contribution in [0.5, 0.6) is 0 Å². The van der Waals surface area contributed by atoms with E-state index in [9.17, 15) is 9.59 Å². The number of hydrazone groups is 1. The molecule has 0 aliphatic carbocycles. The number of nitrogens with zero attached hydrogens (tertiary/aromatic N) is 1. The monoisotopic (exact) mass is 343 g/mol. The maximum Gasteiger partial charge on any atom is 0.271 e. The fourth-order valence-corrected chi connectivity index (χ4v) is 2.30. The molecule has 0 fully saturated rings. The van der Waals surface area contributed by atoms with Crippen LogP contribution in [-0.2, 0) is 0 Å². The van der Waals surface area contributed by atoms with Crippen LogP contribution < -0.4 is 10.7 Å². The second kappa shape index (κ2) is 8.39. The van der Waals surface area contributed by atoms with Gasteiger partial charge in [0.2, 0.25) is 0 Å². The van der Waals surface area contributed by atoms with Crippen molar-refractivity contribution in [1.29, 1.82) is 0 Å². The Hall–Kier alpha value is -3.73. The molecule has 5 nitrogen and oxygen atoms in total. The highest BCUT2D eigenvalue weighted by atomic mass is 16.2. The van der Waals surface area contributed by atoms with Crippen molar-refractivity contribution in [3.8, 4) is 0 Å². The van der Waals surface area contributed by atoms with Gasteiger partial charge >= 0.3 is 0 Å². The van der Waals surface area contributed by atoms with E-state index in [1.54, 1.807) is 54.7 Å². The number of hydrogen-bond acceptors (Lipinski definition) is 3. The minimum Gasteiger partial charge on any atom is -0.322 e. The quantitative estimate of drug-likeness (QED) is 0.548. The first-order valence-electron chi connectivity index (χ1n) is 8.07. The molecule has 0 aromatic heterocycles. The maximum atomic E-state index is 12.2. The van der Waals surface area contributed by atoms with E-state index in [1.807, 2.05) is 36.4 Å². The molecule has 0 atom stereocenters. The SMILES string of the molecule is O=C(N/N=C/c1ccccc1)c1cccc(NC(=O)c2ccccc2)c1. The van der Waals surface area contributed by atoms with E-state index in [4.69, 9.17) is 0 Å². The summed E-state index contributed by atoms with van der Waals surface area (Å²) in [5.74, 6) is -0.585. The van der Waals surface area contributed by atoms with Gasteiger partial charge in [0, 0.05) is 16.8 Å². The minimum absolute atomic E-state index is 0.231. The number of benzene rings is 3. The number of amides is 2. The zero-order valence-corrected chi connectivity index (χ0v) is 13.9. The molecule has 3 aromatic carbocycles. The number of nitrogens with one attached hydrogen (secondary N) is 2. The summed E-state index contributed by atoms with van der Waals surface area (Å²) in [4.78, 5) is 24.4. The van der Waals surface area contributed by atoms with Gasteiger partial charge in [0.25, 0.3) is 11.8 Å². The smallest absolute Gasteiger partial charge is 0.271 e. The Morgan fingerprint density at radius 2 is 1.38 bits per heavy atom. The van der Waals surface area contributed by atoms with Crippen molar-refractivity contribution in [3.05, 3.63) is 102 Å². The third-order valence-electron chi connectivity index (χ3n) is 3.60. The third-order valence-corrected chi connectivity index (χ3v) is 3.60. The number of anilines is 1. The molecule has 26 heavy (non-hydrogen) atoms. The molecule has 0 heterocycles. The van der Waals surface area contributed by atoms with Crippen molar-refractivity contribution in [2.75, 3.05) is 5.32 Å². The Labute approximate surface area is 151 Å². The molecule has 0 aliphatic heterocycles. The summed E-state index contributed by atoms with van der Waals surface area (Å²) >= 11 is 0. The largest absolute Gasteiger partial charge is 0.322 e. The maximum absolute atomic E-state index is 12.2. The lowest BCUT2D eigenvalue weighted by Crippen LogP contribution is -2.18. The number of carbonyl (C=O) groups excluding carboxylic acids is 2. The zero-order valence-electron chi connectivity index (χ0n) is 13.9. The van der Waals surface area contributed by atoms with Gasteiger partial charge in [0.15, 0.2) is 0 Å². The molecule has 128 valence electrons. The van der Waals surface area contributed by atoms with Crippen LogP contribution in [0.4, 0.5) is 5.69 Å². The molecule has 2 amide bonds. The standard InChI is InChI=1S/C21H17N3O2/c25-20(17-10-5-2-6-11-17)23-19-13-7-12-18(14-19)21(26)24-22-15-16-8-3-1-4-9-16/h1-15H,(H,23,25)(H,24,26)/b22-15+. The zero-order chi connectivity index (χ0) is 18.2. The summed E-state index contributed by atoms with van der Waals surface area (Å²) in [5, 5.41) is 6.72. The first kappa shape index (κ1) is 17.1. The summed E-state index contributed by atoms with van der Waals surface area (Å²) in [6.07, 6.45) is 1.57. The third kappa shape index (κ3) is 4.64. The van der Waals surface area contributed by atoms with E-state index in [1.165, 1.54) is 0 Å².